The molecular weight excluding hydrogens is 340 g/mol. The van der Waals surface area contributed by atoms with Crippen LogP contribution in [0.5, 0.6) is 0 Å². The third-order valence-electron chi connectivity index (χ3n) is 5.19. The van der Waals surface area contributed by atoms with E-state index in [1.165, 1.54) is 27.9 Å². The summed E-state index contributed by atoms with van der Waals surface area (Å²) in [5.74, 6) is 0. The third kappa shape index (κ3) is 4.12. The van der Waals surface area contributed by atoms with Crippen LogP contribution in [0.2, 0.25) is 0 Å². The van der Waals surface area contributed by atoms with Crippen LogP contribution in [0.1, 0.15) is 17.2 Å². The van der Waals surface area contributed by atoms with Gasteiger partial charge in [-0.2, -0.15) is 0 Å². The van der Waals surface area contributed by atoms with Crippen molar-refractivity contribution >= 4 is 5.69 Å². The molecule has 0 saturated heterocycles. The van der Waals surface area contributed by atoms with Crippen molar-refractivity contribution < 1.29 is 0 Å². The molecule has 4 aromatic rings. The number of rotatable bonds is 6. The molecule has 1 aromatic heterocycles. The monoisotopic (exact) mass is 364 g/mol. The molecule has 1 heterocycles. The zero-order chi connectivity index (χ0) is 19.2. The zero-order valence-corrected chi connectivity index (χ0v) is 16.1. The standard InChI is InChI=1S/C26H24N2/c1-28(25-16-14-23(15-17-25)22-11-6-3-7-12-22)26(24-13-8-18-27-20-24)19-21-9-4-2-5-10-21/h2-18,20,26H,19H2,1H3. The van der Waals surface area contributed by atoms with Crippen LogP contribution < -0.4 is 4.90 Å². The molecule has 0 aliphatic carbocycles. The minimum absolute atomic E-state index is 0.221. The molecule has 0 N–H and O–H groups in total. The van der Waals surface area contributed by atoms with Crippen molar-refractivity contribution in [1.29, 1.82) is 0 Å². The van der Waals surface area contributed by atoms with Crippen molar-refractivity contribution in [3.05, 3.63) is 121 Å². The smallest absolute Gasteiger partial charge is 0.0594 e. The predicted molar refractivity (Wildman–Crippen MR) is 117 cm³/mol. The Bertz CT molecular complexity index is 981. The Kier molecular flexibility index (Phi) is 5.48. The summed E-state index contributed by atoms with van der Waals surface area (Å²) in [6, 6.07) is 34.3. The van der Waals surface area contributed by atoms with Crippen LogP contribution >= 0.6 is 0 Å². The molecule has 3 aromatic carbocycles. The fourth-order valence-electron chi connectivity index (χ4n) is 3.59. The zero-order valence-electron chi connectivity index (χ0n) is 16.1. The van der Waals surface area contributed by atoms with E-state index in [2.05, 4.69) is 102 Å². The van der Waals surface area contributed by atoms with E-state index in [4.69, 9.17) is 0 Å². The van der Waals surface area contributed by atoms with Gasteiger partial charge < -0.3 is 4.90 Å². The highest BCUT2D eigenvalue weighted by Gasteiger charge is 2.18. The molecule has 0 saturated carbocycles. The van der Waals surface area contributed by atoms with E-state index in [9.17, 15) is 0 Å². The summed E-state index contributed by atoms with van der Waals surface area (Å²) >= 11 is 0. The predicted octanol–water partition coefficient (Wildman–Crippen LogP) is 6.17. The highest BCUT2D eigenvalue weighted by atomic mass is 15.1. The van der Waals surface area contributed by atoms with E-state index in [0.717, 1.165) is 6.42 Å². The van der Waals surface area contributed by atoms with Crippen molar-refractivity contribution in [2.45, 2.75) is 12.5 Å². The van der Waals surface area contributed by atoms with Gasteiger partial charge in [-0.25, -0.2) is 0 Å². The average Bonchev–Trinajstić information content (AvgIpc) is 2.79. The van der Waals surface area contributed by atoms with Gasteiger partial charge in [0.15, 0.2) is 0 Å². The summed E-state index contributed by atoms with van der Waals surface area (Å²) in [6.45, 7) is 0. The molecular formula is C26H24N2. The highest BCUT2D eigenvalue weighted by molar-refractivity contribution is 5.66. The number of likely N-dealkylation sites (N-methyl/N-ethyl adjacent to an activating group) is 1. The summed E-state index contributed by atoms with van der Waals surface area (Å²) in [5, 5.41) is 0. The molecule has 2 nitrogen and oxygen atoms in total. The third-order valence-corrected chi connectivity index (χ3v) is 5.19. The fourth-order valence-corrected chi connectivity index (χ4v) is 3.59. The van der Waals surface area contributed by atoms with Gasteiger partial charge in [0, 0.05) is 25.1 Å². The molecule has 0 aliphatic heterocycles. The Morgan fingerprint density at radius 2 is 1.36 bits per heavy atom. The van der Waals surface area contributed by atoms with E-state index in [-0.39, 0.29) is 6.04 Å². The van der Waals surface area contributed by atoms with Crippen molar-refractivity contribution in [3.8, 4) is 11.1 Å². The number of aromatic nitrogens is 1. The van der Waals surface area contributed by atoms with Gasteiger partial charge >= 0.3 is 0 Å². The summed E-state index contributed by atoms with van der Waals surface area (Å²) in [6.07, 6.45) is 4.74. The van der Waals surface area contributed by atoms with E-state index < -0.39 is 0 Å². The van der Waals surface area contributed by atoms with Crippen LogP contribution in [-0.2, 0) is 6.42 Å². The molecule has 0 bridgehead atoms. The fraction of sp³-hybridized carbons (Fsp3) is 0.115. The Labute approximate surface area is 167 Å². The van der Waals surface area contributed by atoms with E-state index in [1.807, 2.05) is 24.5 Å². The summed E-state index contributed by atoms with van der Waals surface area (Å²) in [5.41, 5.74) is 6.22. The topological polar surface area (TPSA) is 16.1 Å². The first kappa shape index (κ1) is 18.0. The number of nitrogens with zero attached hydrogens (tertiary/aromatic N) is 2. The quantitative estimate of drug-likeness (QED) is 0.407. The van der Waals surface area contributed by atoms with Crippen LogP contribution in [0.3, 0.4) is 0 Å². The lowest BCUT2D eigenvalue weighted by atomic mass is 9.98. The van der Waals surface area contributed by atoms with Gasteiger partial charge in [-0.3, -0.25) is 4.98 Å². The van der Waals surface area contributed by atoms with Crippen molar-refractivity contribution in [3.63, 3.8) is 0 Å². The summed E-state index contributed by atoms with van der Waals surface area (Å²) in [4.78, 5) is 6.70. The molecule has 4 rings (SSSR count). The largest absolute Gasteiger partial charge is 0.367 e. The Morgan fingerprint density at radius 3 is 2.00 bits per heavy atom. The van der Waals surface area contributed by atoms with Crippen molar-refractivity contribution in [2.24, 2.45) is 0 Å². The van der Waals surface area contributed by atoms with E-state index >= 15 is 0 Å². The first-order valence-corrected chi connectivity index (χ1v) is 9.63. The molecule has 2 heteroatoms. The minimum Gasteiger partial charge on any atom is -0.367 e. The minimum atomic E-state index is 0.221. The Balaban J connectivity index is 1.62. The van der Waals surface area contributed by atoms with Crippen LogP contribution in [0.15, 0.2) is 109 Å². The number of pyridine rings is 1. The molecule has 0 fully saturated rings. The van der Waals surface area contributed by atoms with Gasteiger partial charge in [0.05, 0.1) is 6.04 Å². The number of hydrogen-bond acceptors (Lipinski definition) is 2. The maximum atomic E-state index is 4.35. The highest BCUT2D eigenvalue weighted by Crippen LogP contribution is 2.30. The molecule has 0 radical (unpaired) electrons. The lowest BCUT2D eigenvalue weighted by Crippen LogP contribution is -2.26. The van der Waals surface area contributed by atoms with Gasteiger partial charge in [-0.15, -0.1) is 0 Å². The van der Waals surface area contributed by atoms with Crippen molar-refractivity contribution in [1.82, 2.24) is 4.98 Å². The van der Waals surface area contributed by atoms with Gasteiger partial charge in [0.25, 0.3) is 0 Å². The van der Waals surface area contributed by atoms with Gasteiger partial charge in [0.1, 0.15) is 0 Å². The molecule has 0 aliphatic rings. The Morgan fingerprint density at radius 1 is 0.714 bits per heavy atom. The first-order chi connectivity index (χ1) is 13.8. The normalized spacial score (nSPS) is 11.8. The van der Waals surface area contributed by atoms with Crippen LogP contribution in [-0.4, -0.2) is 12.0 Å². The summed E-state index contributed by atoms with van der Waals surface area (Å²) in [7, 11) is 2.16. The van der Waals surface area contributed by atoms with E-state index in [1.54, 1.807) is 0 Å². The molecule has 28 heavy (non-hydrogen) atoms. The molecule has 0 amide bonds. The van der Waals surface area contributed by atoms with E-state index in [0.29, 0.717) is 0 Å². The second-order valence-corrected chi connectivity index (χ2v) is 7.02. The number of benzene rings is 3. The van der Waals surface area contributed by atoms with Crippen molar-refractivity contribution in [2.75, 3.05) is 11.9 Å². The average molecular weight is 364 g/mol. The number of hydrogen-bond donors (Lipinski definition) is 0. The maximum absolute atomic E-state index is 4.35. The van der Waals surface area contributed by atoms with Crippen LogP contribution in [0.4, 0.5) is 5.69 Å². The lowest BCUT2D eigenvalue weighted by Gasteiger charge is -2.31. The van der Waals surface area contributed by atoms with Gasteiger partial charge in [0.2, 0.25) is 0 Å². The van der Waals surface area contributed by atoms with Gasteiger partial charge in [-0.05, 0) is 46.9 Å². The van der Waals surface area contributed by atoms with Gasteiger partial charge in [-0.1, -0.05) is 78.9 Å². The second-order valence-electron chi connectivity index (χ2n) is 7.02. The molecule has 1 unspecified atom stereocenters. The molecule has 138 valence electrons. The molecule has 1 atom stereocenters. The molecule has 0 spiro atoms. The maximum Gasteiger partial charge on any atom is 0.0594 e. The SMILES string of the molecule is CN(c1ccc(-c2ccccc2)cc1)C(Cc1ccccc1)c1cccnc1. The van der Waals surface area contributed by atoms with Crippen LogP contribution in [0, 0.1) is 0 Å². The summed E-state index contributed by atoms with van der Waals surface area (Å²) < 4.78 is 0. The number of anilines is 1. The first-order valence-electron chi connectivity index (χ1n) is 9.63. The Hall–Kier alpha value is -3.39. The second kappa shape index (κ2) is 8.53. The van der Waals surface area contributed by atoms with Crippen LogP contribution in [0.25, 0.3) is 11.1 Å². The lowest BCUT2D eigenvalue weighted by molar-refractivity contribution is 0.664.